The number of nitrogens with one attached hydrogen (secondary N) is 1. The Bertz CT molecular complexity index is 604. The van der Waals surface area contributed by atoms with Gasteiger partial charge in [0, 0.05) is 24.0 Å². The number of carboxylic acids is 1. The van der Waals surface area contributed by atoms with Crippen LogP contribution in [0.15, 0.2) is 30.0 Å². The lowest BCUT2D eigenvalue weighted by Crippen LogP contribution is -2.02. The number of rotatable bonds is 6. The van der Waals surface area contributed by atoms with Crippen LogP contribution in [0.4, 0.5) is 11.4 Å². The SMILES string of the molecule is CCOc1cc(N/C=C(\C#N)C(=O)O)ccc1[N+](=O)[O-]. The van der Waals surface area contributed by atoms with Crippen molar-refractivity contribution >= 4 is 17.3 Å². The molecular formula is C12H11N3O5. The molecule has 0 aromatic heterocycles. The van der Waals surface area contributed by atoms with Gasteiger partial charge in [0.2, 0.25) is 0 Å². The van der Waals surface area contributed by atoms with E-state index in [9.17, 15) is 14.9 Å². The molecule has 8 heteroatoms. The van der Waals surface area contributed by atoms with Crippen LogP contribution >= 0.6 is 0 Å². The zero-order chi connectivity index (χ0) is 15.1. The maximum Gasteiger partial charge on any atom is 0.347 e. The van der Waals surface area contributed by atoms with Crippen molar-refractivity contribution in [3.05, 3.63) is 40.1 Å². The Morgan fingerprint density at radius 3 is 2.85 bits per heavy atom. The van der Waals surface area contributed by atoms with E-state index in [1.807, 2.05) is 0 Å². The molecule has 1 aromatic rings. The number of carboxylic acid groups (broad SMARTS) is 1. The molecule has 8 nitrogen and oxygen atoms in total. The number of hydrogen-bond donors (Lipinski definition) is 2. The molecule has 1 aromatic carbocycles. The molecule has 20 heavy (non-hydrogen) atoms. The van der Waals surface area contributed by atoms with Crippen molar-refractivity contribution in [1.29, 1.82) is 5.26 Å². The van der Waals surface area contributed by atoms with Crippen molar-refractivity contribution < 1.29 is 19.6 Å². The van der Waals surface area contributed by atoms with E-state index < -0.39 is 16.5 Å². The monoisotopic (exact) mass is 277 g/mol. The van der Waals surface area contributed by atoms with Crippen LogP contribution in [0.1, 0.15) is 6.92 Å². The summed E-state index contributed by atoms with van der Waals surface area (Å²) in [5, 5.41) is 30.6. The fourth-order valence-corrected chi connectivity index (χ4v) is 1.32. The van der Waals surface area contributed by atoms with Gasteiger partial charge in [-0.2, -0.15) is 5.26 Å². The number of carbonyl (C=O) groups is 1. The number of nitro groups is 1. The fourth-order valence-electron chi connectivity index (χ4n) is 1.32. The summed E-state index contributed by atoms with van der Waals surface area (Å²) in [4.78, 5) is 20.8. The van der Waals surface area contributed by atoms with Gasteiger partial charge in [-0.15, -0.1) is 0 Å². The summed E-state index contributed by atoms with van der Waals surface area (Å²) in [6, 6.07) is 5.47. The topological polar surface area (TPSA) is 125 Å². The van der Waals surface area contributed by atoms with Gasteiger partial charge in [0.1, 0.15) is 6.07 Å². The van der Waals surface area contributed by atoms with E-state index in [1.165, 1.54) is 24.3 Å². The van der Waals surface area contributed by atoms with Crippen LogP contribution in [0.3, 0.4) is 0 Å². The van der Waals surface area contributed by atoms with Crippen molar-refractivity contribution in [3.63, 3.8) is 0 Å². The molecule has 0 saturated carbocycles. The molecule has 0 spiro atoms. The number of aliphatic carboxylic acids is 1. The first-order valence-corrected chi connectivity index (χ1v) is 5.51. The number of nitrogens with zero attached hydrogens (tertiary/aromatic N) is 2. The second-order valence-electron chi connectivity index (χ2n) is 3.49. The second-order valence-corrected chi connectivity index (χ2v) is 3.49. The van der Waals surface area contributed by atoms with Gasteiger partial charge in [-0.25, -0.2) is 4.79 Å². The minimum absolute atomic E-state index is 0.0599. The van der Waals surface area contributed by atoms with Crippen molar-refractivity contribution in [3.8, 4) is 11.8 Å². The van der Waals surface area contributed by atoms with Gasteiger partial charge in [0.25, 0.3) is 0 Å². The number of nitro benzene ring substituents is 1. The summed E-state index contributed by atoms with van der Waals surface area (Å²) in [5.74, 6) is -1.31. The van der Waals surface area contributed by atoms with Crippen molar-refractivity contribution in [2.75, 3.05) is 11.9 Å². The van der Waals surface area contributed by atoms with Gasteiger partial charge in [-0.3, -0.25) is 10.1 Å². The summed E-state index contributed by atoms with van der Waals surface area (Å²) >= 11 is 0. The van der Waals surface area contributed by atoms with Gasteiger partial charge < -0.3 is 15.2 Å². The van der Waals surface area contributed by atoms with Crippen molar-refractivity contribution in [2.24, 2.45) is 0 Å². The highest BCUT2D eigenvalue weighted by Crippen LogP contribution is 2.30. The van der Waals surface area contributed by atoms with E-state index in [2.05, 4.69) is 5.32 Å². The van der Waals surface area contributed by atoms with Gasteiger partial charge in [-0.1, -0.05) is 0 Å². The zero-order valence-electron chi connectivity index (χ0n) is 10.5. The van der Waals surface area contributed by atoms with Crippen molar-refractivity contribution in [1.82, 2.24) is 0 Å². The Morgan fingerprint density at radius 2 is 2.35 bits per heavy atom. The van der Waals surface area contributed by atoms with Gasteiger partial charge in [0.05, 0.1) is 11.5 Å². The van der Waals surface area contributed by atoms with Crippen LogP contribution in [-0.2, 0) is 4.79 Å². The first-order valence-electron chi connectivity index (χ1n) is 5.51. The maximum absolute atomic E-state index is 10.8. The summed E-state index contributed by atoms with van der Waals surface area (Å²) in [6.07, 6.45) is 0.999. The minimum Gasteiger partial charge on any atom is -0.487 e. The molecule has 0 atom stereocenters. The molecule has 1 rings (SSSR count). The fraction of sp³-hybridized carbons (Fsp3) is 0.167. The molecule has 0 radical (unpaired) electrons. The molecule has 0 amide bonds. The van der Waals surface area contributed by atoms with Crippen LogP contribution < -0.4 is 10.1 Å². The Balaban J connectivity index is 3.04. The van der Waals surface area contributed by atoms with Gasteiger partial charge in [-0.05, 0) is 13.0 Å². The third-order valence-electron chi connectivity index (χ3n) is 2.19. The standard InChI is InChI=1S/C12H11N3O5/c1-2-20-11-5-9(3-4-10(11)15(18)19)14-7-8(6-13)12(16)17/h3-5,7,14H,2H2,1H3,(H,16,17)/b8-7+. The molecule has 104 valence electrons. The minimum atomic E-state index is -1.37. The molecule has 0 aliphatic rings. The third-order valence-corrected chi connectivity index (χ3v) is 2.19. The quantitative estimate of drug-likeness (QED) is 0.352. The number of anilines is 1. The first-order chi connectivity index (χ1) is 9.49. The molecular weight excluding hydrogens is 266 g/mol. The average Bonchev–Trinajstić information content (AvgIpc) is 2.39. The highest BCUT2D eigenvalue weighted by Gasteiger charge is 2.15. The number of hydrogen-bond acceptors (Lipinski definition) is 6. The van der Waals surface area contributed by atoms with E-state index in [4.69, 9.17) is 15.1 Å². The number of nitriles is 1. The van der Waals surface area contributed by atoms with Crippen LogP contribution in [-0.4, -0.2) is 22.6 Å². The lowest BCUT2D eigenvalue weighted by atomic mass is 10.2. The summed E-state index contributed by atoms with van der Waals surface area (Å²) in [5.41, 5.74) is -0.311. The van der Waals surface area contributed by atoms with Gasteiger partial charge in [0.15, 0.2) is 11.3 Å². The Kier molecular flexibility index (Phi) is 5.05. The largest absolute Gasteiger partial charge is 0.487 e. The van der Waals surface area contributed by atoms with Crippen LogP contribution in [0.2, 0.25) is 0 Å². The molecule has 0 saturated heterocycles. The van der Waals surface area contributed by atoms with Gasteiger partial charge >= 0.3 is 11.7 Å². The Hall–Kier alpha value is -3.08. The van der Waals surface area contributed by atoms with Crippen LogP contribution in [0.5, 0.6) is 5.75 Å². The molecule has 2 N–H and O–H groups in total. The Morgan fingerprint density at radius 1 is 1.65 bits per heavy atom. The van der Waals surface area contributed by atoms with E-state index in [0.29, 0.717) is 5.69 Å². The number of benzene rings is 1. The van der Waals surface area contributed by atoms with E-state index in [-0.39, 0.29) is 18.0 Å². The summed E-state index contributed by atoms with van der Waals surface area (Å²) in [7, 11) is 0. The summed E-state index contributed by atoms with van der Waals surface area (Å²) in [6.45, 7) is 1.93. The smallest absolute Gasteiger partial charge is 0.347 e. The molecule has 0 heterocycles. The van der Waals surface area contributed by atoms with E-state index in [1.54, 1.807) is 6.92 Å². The third kappa shape index (κ3) is 3.71. The molecule has 0 unspecified atom stereocenters. The lowest BCUT2D eigenvalue weighted by molar-refractivity contribution is -0.385. The maximum atomic E-state index is 10.8. The first kappa shape index (κ1) is 15.0. The molecule has 0 bridgehead atoms. The number of ether oxygens (including phenoxy) is 1. The van der Waals surface area contributed by atoms with Crippen LogP contribution in [0.25, 0.3) is 0 Å². The van der Waals surface area contributed by atoms with Crippen LogP contribution in [0, 0.1) is 21.4 Å². The summed E-state index contributed by atoms with van der Waals surface area (Å²) < 4.78 is 5.14. The highest BCUT2D eigenvalue weighted by atomic mass is 16.6. The van der Waals surface area contributed by atoms with Crippen molar-refractivity contribution in [2.45, 2.75) is 6.92 Å². The molecule has 0 fully saturated rings. The molecule has 0 aliphatic heterocycles. The predicted octanol–water partition coefficient (Wildman–Crippen LogP) is 1.90. The zero-order valence-corrected chi connectivity index (χ0v) is 10.5. The normalized spacial score (nSPS) is 10.5. The van der Waals surface area contributed by atoms with E-state index >= 15 is 0 Å². The average molecular weight is 277 g/mol. The van der Waals surface area contributed by atoms with E-state index in [0.717, 1.165) is 6.20 Å². The lowest BCUT2D eigenvalue weighted by Gasteiger charge is -2.07. The predicted molar refractivity (Wildman–Crippen MR) is 69.2 cm³/mol. The highest BCUT2D eigenvalue weighted by molar-refractivity contribution is 5.91. The Labute approximate surface area is 114 Å². The molecule has 0 aliphatic carbocycles. The second kappa shape index (κ2) is 6.75.